The molecule has 0 aliphatic heterocycles. The van der Waals surface area contributed by atoms with Crippen molar-refractivity contribution in [2.45, 2.75) is 4.90 Å². The van der Waals surface area contributed by atoms with Crippen LogP contribution < -0.4 is 10.5 Å². The van der Waals surface area contributed by atoms with E-state index in [1.54, 1.807) is 0 Å². The first-order chi connectivity index (χ1) is 9.31. The zero-order valence-electron chi connectivity index (χ0n) is 9.77. The molecular weight excluding hydrogens is 328 g/mol. The number of nitrogen functional groups attached to an aromatic ring is 1. The molecule has 0 aliphatic rings. The second kappa shape index (κ2) is 5.43. The van der Waals surface area contributed by atoms with E-state index in [2.05, 4.69) is 9.71 Å². The van der Waals surface area contributed by atoms with Gasteiger partial charge in [-0.3, -0.25) is 4.72 Å². The Bertz CT molecular complexity index is 745. The molecule has 0 amide bonds. The van der Waals surface area contributed by atoms with Crippen molar-refractivity contribution in [2.24, 2.45) is 0 Å². The van der Waals surface area contributed by atoms with E-state index in [1.165, 1.54) is 18.3 Å². The molecule has 106 valence electrons. The summed E-state index contributed by atoms with van der Waals surface area (Å²) in [7, 11) is -3.97. The number of benzene rings is 1. The minimum atomic E-state index is -3.97. The number of anilines is 2. The van der Waals surface area contributed by atoms with Crippen LogP contribution in [0.3, 0.4) is 0 Å². The van der Waals surface area contributed by atoms with E-state index in [-0.39, 0.29) is 26.4 Å². The zero-order chi connectivity index (χ0) is 14.9. The number of hydrogen-bond donors (Lipinski definition) is 2. The lowest BCUT2D eigenvalue weighted by Gasteiger charge is -2.10. The Labute approximate surface area is 124 Å². The van der Waals surface area contributed by atoms with Gasteiger partial charge in [0.15, 0.2) is 5.82 Å². The highest BCUT2D eigenvalue weighted by molar-refractivity contribution is 7.92. The van der Waals surface area contributed by atoms with Crippen LogP contribution in [0.2, 0.25) is 10.0 Å². The summed E-state index contributed by atoms with van der Waals surface area (Å²) in [6.45, 7) is 0. The number of sulfonamides is 1. The Kier molecular flexibility index (Phi) is 4.03. The summed E-state index contributed by atoms with van der Waals surface area (Å²) in [6, 6.07) is 4.92. The van der Waals surface area contributed by atoms with Crippen LogP contribution in [0.1, 0.15) is 0 Å². The van der Waals surface area contributed by atoms with Crippen molar-refractivity contribution in [2.75, 3.05) is 10.5 Å². The maximum atomic E-state index is 13.3. The SMILES string of the molecule is Nc1ncccc1S(=O)(=O)Nc1cc(Cl)c(F)c(Cl)c1. The molecule has 0 unspecified atom stereocenters. The summed E-state index contributed by atoms with van der Waals surface area (Å²) in [6.07, 6.45) is 1.36. The number of aromatic nitrogens is 1. The maximum Gasteiger partial charge on any atom is 0.265 e. The Morgan fingerprint density at radius 1 is 1.25 bits per heavy atom. The predicted molar refractivity (Wildman–Crippen MR) is 75.9 cm³/mol. The highest BCUT2D eigenvalue weighted by atomic mass is 35.5. The van der Waals surface area contributed by atoms with Crippen molar-refractivity contribution in [3.63, 3.8) is 0 Å². The lowest BCUT2D eigenvalue weighted by atomic mass is 10.3. The van der Waals surface area contributed by atoms with Gasteiger partial charge in [-0.05, 0) is 24.3 Å². The fraction of sp³-hybridized carbons (Fsp3) is 0. The number of nitrogens with two attached hydrogens (primary N) is 1. The van der Waals surface area contributed by atoms with E-state index in [1.807, 2.05) is 0 Å². The lowest BCUT2D eigenvalue weighted by molar-refractivity contribution is 0.601. The van der Waals surface area contributed by atoms with Crippen molar-refractivity contribution < 1.29 is 12.8 Å². The van der Waals surface area contributed by atoms with Gasteiger partial charge in [-0.25, -0.2) is 17.8 Å². The molecule has 0 saturated heterocycles. The van der Waals surface area contributed by atoms with Crippen molar-refractivity contribution >= 4 is 44.7 Å². The molecule has 0 radical (unpaired) electrons. The molecule has 0 fully saturated rings. The average molecular weight is 336 g/mol. The van der Waals surface area contributed by atoms with Crippen LogP contribution in [0, 0.1) is 5.82 Å². The topological polar surface area (TPSA) is 85.1 Å². The molecule has 3 N–H and O–H groups in total. The smallest absolute Gasteiger partial charge is 0.265 e. The van der Waals surface area contributed by atoms with E-state index in [0.29, 0.717) is 0 Å². The number of rotatable bonds is 3. The van der Waals surface area contributed by atoms with Gasteiger partial charge in [0.2, 0.25) is 0 Å². The third-order valence-corrected chi connectivity index (χ3v) is 4.30. The van der Waals surface area contributed by atoms with Crippen LogP contribution in [0.25, 0.3) is 0 Å². The second-order valence-electron chi connectivity index (χ2n) is 3.75. The van der Waals surface area contributed by atoms with Gasteiger partial charge in [-0.2, -0.15) is 0 Å². The summed E-state index contributed by atoms with van der Waals surface area (Å²) in [5, 5.41) is -0.594. The molecule has 0 bridgehead atoms. The molecule has 0 atom stereocenters. The molecule has 1 heterocycles. The summed E-state index contributed by atoms with van der Waals surface area (Å²) >= 11 is 11.2. The van der Waals surface area contributed by atoms with Gasteiger partial charge in [-0.15, -0.1) is 0 Å². The van der Waals surface area contributed by atoms with Gasteiger partial charge < -0.3 is 5.73 Å². The molecule has 20 heavy (non-hydrogen) atoms. The number of nitrogens with zero attached hydrogens (tertiary/aromatic N) is 1. The van der Waals surface area contributed by atoms with Crippen molar-refractivity contribution in [3.8, 4) is 0 Å². The number of pyridine rings is 1. The molecule has 0 saturated carbocycles. The van der Waals surface area contributed by atoms with Gasteiger partial charge in [0.05, 0.1) is 15.7 Å². The van der Waals surface area contributed by atoms with Crippen molar-refractivity contribution in [1.29, 1.82) is 0 Å². The molecule has 1 aromatic heterocycles. The molecule has 2 aromatic rings. The van der Waals surface area contributed by atoms with Crippen LogP contribution in [0.15, 0.2) is 35.4 Å². The van der Waals surface area contributed by atoms with E-state index >= 15 is 0 Å². The Balaban J connectivity index is 2.42. The third kappa shape index (κ3) is 2.95. The fourth-order valence-corrected chi connectivity index (χ4v) is 3.07. The van der Waals surface area contributed by atoms with Gasteiger partial charge in [0, 0.05) is 6.20 Å². The van der Waals surface area contributed by atoms with Gasteiger partial charge >= 0.3 is 0 Å². The molecule has 2 rings (SSSR count). The van der Waals surface area contributed by atoms with Gasteiger partial charge in [-0.1, -0.05) is 23.2 Å². The van der Waals surface area contributed by atoms with Crippen molar-refractivity contribution in [3.05, 3.63) is 46.3 Å². The van der Waals surface area contributed by atoms with Gasteiger partial charge in [0.1, 0.15) is 10.7 Å². The van der Waals surface area contributed by atoms with E-state index in [9.17, 15) is 12.8 Å². The van der Waals surface area contributed by atoms with Crippen molar-refractivity contribution in [1.82, 2.24) is 4.98 Å². The summed E-state index contributed by atoms with van der Waals surface area (Å²) in [5.41, 5.74) is 5.52. The maximum absolute atomic E-state index is 13.3. The van der Waals surface area contributed by atoms with Crippen LogP contribution in [-0.2, 0) is 10.0 Å². The Morgan fingerprint density at radius 3 is 2.40 bits per heavy atom. The highest BCUT2D eigenvalue weighted by Crippen LogP contribution is 2.29. The quantitative estimate of drug-likeness (QED) is 0.844. The van der Waals surface area contributed by atoms with Crippen LogP contribution in [0.4, 0.5) is 15.9 Å². The monoisotopic (exact) mass is 335 g/mol. The normalized spacial score (nSPS) is 11.3. The second-order valence-corrected chi connectivity index (χ2v) is 6.21. The van der Waals surface area contributed by atoms with Crippen LogP contribution in [0.5, 0.6) is 0 Å². The van der Waals surface area contributed by atoms with Gasteiger partial charge in [0.25, 0.3) is 10.0 Å². The lowest BCUT2D eigenvalue weighted by Crippen LogP contribution is -2.15. The standard InChI is InChI=1S/C11H8Cl2FN3O2S/c12-7-4-6(5-8(13)10(7)14)17-20(18,19)9-2-1-3-16-11(9)15/h1-5,17H,(H2,15,16). The Morgan fingerprint density at radius 2 is 1.85 bits per heavy atom. The van der Waals surface area contributed by atoms with E-state index < -0.39 is 15.8 Å². The Hall–Kier alpha value is -1.57. The average Bonchev–Trinajstić information content (AvgIpc) is 2.35. The third-order valence-electron chi connectivity index (χ3n) is 2.33. The number of nitrogens with one attached hydrogen (secondary N) is 1. The number of hydrogen-bond acceptors (Lipinski definition) is 4. The largest absolute Gasteiger partial charge is 0.383 e. The molecular formula is C11H8Cl2FN3O2S. The van der Waals surface area contributed by atoms with Crippen LogP contribution >= 0.6 is 23.2 Å². The molecule has 9 heteroatoms. The fourth-order valence-electron chi connectivity index (χ4n) is 1.45. The highest BCUT2D eigenvalue weighted by Gasteiger charge is 2.19. The molecule has 5 nitrogen and oxygen atoms in total. The summed E-state index contributed by atoms with van der Waals surface area (Å²) < 4.78 is 39.7. The predicted octanol–water partition coefficient (Wildman–Crippen LogP) is 2.91. The van der Waals surface area contributed by atoms with E-state index in [4.69, 9.17) is 28.9 Å². The first-order valence-electron chi connectivity index (χ1n) is 5.19. The first kappa shape index (κ1) is 14.8. The minimum Gasteiger partial charge on any atom is -0.383 e. The van der Waals surface area contributed by atoms with E-state index in [0.717, 1.165) is 12.1 Å². The first-order valence-corrected chi connectivity index (χ1v) is 7.43. The summed E-state index contributed by atoms with van der Waals surface area (Å²) in [4.78, 5) is 3.49. The summed E-state index contributed by atoms with van der Waals surface area (Å²) in [5.74, 6) is -0.975. The zero-order valence-corrected chi connectivity index (χ0v) is 12.1. The molecule has 1 aromatic carbocycles. The minimum absolute atomic E-state index is 0.0182. The molecule has 0 aliphatic carbocycles. The molecule has 0 spiro atoms. The number of halogens is 3. The van der Waals surface area contributed by atoms with Crippen LogP contribution in [-0.4, -0.2) is 13.4 Å².